The van der Waals surface area contributed by atoms with Gasteiger partial charge in [-0.3, -0.25) is 14.8 Å². The summed E-state index contributed by atoms with van der Waals surface area (Å²) < 4.78 is 26.7. The fourth-order valence-electron chi connectivity index (χ4n) is 1.83. The highest BCUT2D eigenvalue weighted by atomic mass is 32.2. The number of nitrogens with zero attached hydrogens (tertiary/aromatic N) is 2. The normalized spacial score (nSPS) is 11.0. The minimum absolute atomic E-state index is 0.109. The van der Waals surface area contributed by atoms with Crippen LogP contribution in [0, 0.1) is 0 Å². The topological polar surface area (TPSA) is 101 Å². The number of carbonyl (C=O) groups is 1. The van der Waals surface area contributed by atoms with Crippen molar-refractivity contribution in [3.63, 3.8) is 0 Å². The fourth-order valence-corrected chi connectivity index (χ4v) is 3.79. The second kappa shape index (κ2) is 6.77. The Bertz CT molecular complexity index is 941. The standard InChI is InChI=1S/C15H12N4O3S2/c20-13(11-7-3-1-4-8-11)16-14-17-18-15(23-14)24(21,22)19-12-9-5-2-6-10-12/h1-10,19H,(H,16,17,20). The molecule has 0 aliphatic carbocycles. The van der Waals surface area contributed by atoms with Gasteiger partial charge in [0.25, 0.3) is 20.3 Å². The Morgan fingerprint density at radius 1 is 0.917 bits per heavy atom. The maximum absolute atomic E-state index is 12.3. The van der Waals surface area contributed by atoms with Crippen LogP contribution in [-0.2, 0) is 10.0 Å². The van der Waals surface area contributed by atoms with E-state index in [1.807, 2.05) is 0 Å². The van der Waals surface area contributed by atoms with Crippen molar-refractivity contribution in [3.05, 3.63) is 66.2 Å². The first-order valence-electron chi connectivity index (χ1n) is 6.82. The molecule has 0 spiro atoms. The van der Waals surface area contributed by atoms with Gasteiger partial charge in [0.1, 0.15) is 0 Å². The molecule has 3 rings (SSSR count). The van der Waals surface area contributed by atoms with E-state index in [9.17, 15) is 13.2 Å². The third-order valence-electron chi connectivity index (χ3n) is 2.92. The van der Waals surface area contributed by atoms with Crippen molar-refractivity contribution < 1.29 is 13.2 Å². The molecular formula is C15H12N4O3S2. The lowest BCUT2D eigenvalue weighted by Crippen LogP contribution is -2.12. The number of sulfonamides is 1. The van der Waals surface area contributed by atoms with Gasteiger partial charge in [-0.15, -0.1) is 10.2 Å². The zero-order valence-electron chi connectivity index (χ0n) is 12.2. The summed E-state index contributed by atoms with van der Waals surface area (Å²) in [5.41, 5.74) is 0.863. The molecule has 7 nitrogen and oxygen atoms in total. The monoisotopic (exact) mass is 360 g/mol. The van der Waals surface area contributed by atoms with E-state index < -0.39 is 10.0 Å². The molecule has 1 heterocycles. The highest BCUT2D eigenvalue weighted by Crippen LogP contribution is 2.22. The number of hydrogen-bond donors (Lipinski definition) is 2. The van der Waals surface area contributed by atoms with Gasteiger partial charge >= 0.3 is 0 Å². The molecule has 122 valence electrons. The van der Waals surface area contributed by atoms with Crippen LogP contribution in [0.15, 0.2) is 65.0 Å². The lowest BCUT2D eigenvalue weighted by Gasteiger charge is -2.03. The van der Waals surface area contributed by atoms with Gasteiger partial charge in [-0.1, -0.05) is 47.7 Å². The summed E-state index contributed by atoms with van der Waals surface area (Å²) in [6.07, 6.45) is 0. The first-order valence-corrected chi connectivity index (χ1v) is 9.12. The molecule has 0 radical (unpaired) electrons. The highest BCUT2D eigenvalue weighted by Gasteiger charge is 2.21. The van der Waals surface area contributed by atoms with Gasteiger partial charge in [-0.25, -0.2) is 0 Å². The molecule has 0 bridgehead atoms. The zero-order valence-corrected chi connectivity index (χ0v) is 13.8. The van der Waals surface area contributed by atoms with E-state index in [0.29, 0.717) is 11.3 Å². The molecule has 0 unspecified atom stereocenters. The lowest BCUT2D eigenvalue weighted by molar-refractivity contribution is 0.102. The van der Waals surface area contributed by atoms with E-state index in [4.69, 9.17) is 0 Å². The molecule has 1 aromatic heterocycles. The third kappa shape index (κ3) is 3.76. The molecule has 0 aliphatic heterocycles. The van der Waals surface area contributed by atoms with Crippen molar-refractivity contribution in [3.8, 4) is 0 Å². The molecule has 0 saturated carbocycles. The van der Waals surface area contributed by atoms with Crippen LogP contribution in [0.1, 0.15) is 10.4 Å². The molecule has 2 aromatic carbocycles. The average molecular weight is 360 g/mol. The second-order valence-electron chi connectivity index (χ2n) is 4.66. The predicted molar refractivity (Wildman–Crippen MR) is 91.6 cm³/mol. The number of amides is 1. The van der Waals surface area contributed by atoms with Crippen molar-refractivity contribution in [1.82, 2.24) is 10.2 Å². The number of benzene rings is 2. The van der Waals surface area contributed by atoms with Crippen LogP contribution in [0.25, 0.3) is 0 Å². The van der Waals surface area contributed by atoms with Gasteiger partial charge in [0, 0.05) is 11.3 Å². The first kappa shape index (κ1) is 16.1. The summed E-state index contributed by atoms with van der Waals surface area (Å²) in [5.74, 6) is -0.383. The molecule has 0 saturated heterocycles. The summed E-state index contributed by atoms with van der Waals surface area (Å²) in [6, 6.07) is 17.0. The summed E-state index contributed by atoms with van der Waals surface area (Å²) in [4.78, 5) is 12.0. The number of hydrogen-bond acceptors (Lipinski definition) is 6. The summed E-state index contributed by atoms with van der Waals surface area (Å²) in [5, 5.41) is 9.98. The Balaban J connectivity index is 1.74. The zero-order chi connectivity index (χ0) is 17.0. The van der Waals surface area contributed by atoms with Gasteiger partial charge in [-0.2, -0.15) is 8.42 Å². The molecular weight excluding hydrogens is 348 g/mol. The van der Waals surface area contributed by atoms with E-state index in [2.05, 4.69) is 20.2 Å². The molecule has 0 aliphatic rings. The Kier molecular flexibility index (Phi) is 4.54. The number of rotatable bonds is 5. The maximum Gasteiger partial charge on any atom is 0.291 e. The van der Waals surface area contributed by atoms with Gasteiger partial charge in [0.05, 0.1) is 0 Å². The molecule has 0 atom stereocenters. The average Bonchev–Trinajstić information content (AvgIpc) is 3.06. The second-order valence-corrected chi connectivity index (χ2v) is 7.50. The number of anilines is 2. The lowest BCUT2D eigenvalue weighted by atomic mass is 10.2. The van der Waals surface area contributed by atoms with Crippen LogP contribution in [0.2, 0.25) is 0 Å². The van der Waals surface area contributed by atoms with E-state index >= 15 is 0 Å². The number of nitrogens with one attached hydrogen (secondary N) is 2. The molecule has 9 heteroatoms. The van der Waals surface area contributed by atoms with Gasteiger partial charge in [0.15, 0.2) is 0 Å². The minimum atomic E-state index is -3.85. The SMILES string of the molecule is O=C(Nc1nnc(S(=O)(=O)Nc2ccccc2)s1)c1ccccc1. The van der Waals surface area contributed by atoms with Crippen LogP contribution in [-0.4, -0.2) is 24.5 Å². The van der Waals surface area contributed by atoms with Crippen LogP contribution >= 0.6 is 11.3 Å². The molecule has 2 N–H and O–H groups in total. The van der Waals surface area contributed by atoms with Crippen LogP contribution in [0.3, 0.4) is 0 Å². The highest BCUT2D eigenvalue weighted by molar-refractivity contribution is 7.94. The molecule has 1 amide bonds. The Morgan fingerprint density at radius 2 is 1.54 bits per heavy atom. The van der Waals surface area contributed by atoms with Crippen molar-refractivity contribution in [2.24, 2.45) is 0 Å². The number of para-hydroxylation sites is 1. The predicted octanol–water partition coefficient (Wildman–Crippen LogP) is 2.59. The smallest absolute Gasteiger partial charge is 0.291 e. The largest absolute Gasteiger partial charge is 0.296 e. The minimum Gasteiger partial charge on any atom is -0.296 e. The summed E-state index contributed by atoms with van der Waals surface area (Å²) in [6.45, 7) is 0. The third-order valence-corrected chi connectivity index (χ3v) is 5.51. The maximum atomic E-state index is 12.3. The van der Waals surface area contributed by atoms with Crippen LogP contribution < -0.4 is 10.0 Å². The van der Waals surface area contributed by atoms with Crippen molar-refractivity contribution >= 4 is 38.1 Å². The Morgan fingerprint density at radius 3 is 2.21 bits per heavy atom. The van der Waals surface area contributed by atoms with Crippen molar-refractivity contribution in [2.75, 3.05) is 10.0 Å². The van der Waals surface area contributed by atoms with Gasteiger partial charge in [-0.05, 0) is 24.3 Å². The Hall–Kier alpha value is -2.78. The van der Waals surface area contributed by atoms with Crippen molar-refractivity contribution in [2.45, 2.75) is 4.34 Å². The number of aromatic nitrogens is 2. The quantitative estimate of drug-likeness (QED) is 0.681. The van der Waals surface area contributed by atoms with Crippen LogP contribution in [0.4, 0.5) is 10.8 Å². The first-order chi connectivity index (χ1) is 11.5. The van der Waals surface area contributed by atoms with Gasteiger partial charge < -0.3 is 0 Å². The summed E-state index contributed by atoms with van der Waals surface area (Å²) >= 11 is 0.777. The van der Waals surface area contributed by atoms with E-state index in [1.165, 1.54) is 0 Å². The summed E-state index contributed by atoms with van der Waals surface area (Å²) in [7, 11) is -3.85. The molecule has 3 aromatic rings. The van der Waals surface area contributed by atoms with E-state index in [1.54, 1.807) is 60.7 Å². The fraction of sp³-hybridized carbons (Fsp3) is 0. The molecule has 24 heavy (non-hydrogen) atoms. The van der Waals surface area contributed by atoms with Gasteiger partial charge in [0.2, 0.25) is 5.13 Å². The van der Waals surface area contributed by atoms with Crippen molar-refractivity contribution in [1.29, 1.82) is 0 Å². The Labute approximate surface area is 142 Å². The van der Waals surface area contributed by atoms with E-state index in [0.717, 1.165) is 11.3 Å². The number of carbonyl (C=O) groups excluding carboxylic acids is 1. The molecule has 0 fully saturated rings. The van der Waals surface area contributed by atoms with Crippen LogP contribution in [0.5, 0.6) is 0 Å². The van der Waals surface area contributed by atoms with E-state index in [-0.39, 0.29) is 15.4 Å².